The summed E-state index contributed by atoms with van der Waals surface area (Å²) in [6, 6.07) is 2.01. The predicted octanol–water partition coefficient (Wildman–Crippen LogP) is 4.33. The Labute approximate surface area is 129 Å². The molecule has 2 aromatic heterocycles. The fraction of sp³-hybridized carbons (Fsp3) is 0.600. The van der Waals surface area contributed by atoms with Crippen LogP contribution in [0.5, 0.6) is 0 Å². The first-order valence-electron chi connectivity index (χ1n) is 7.24. The minimum atomic E-state index is -0.0859. The Balaban J connectivity index is 2.02. The van der Waals surface area contributed by atoms with Crippen LogP contribution in [0.25, 0.3) is 11.2 Å². The van der Waals surface area contributed by atoms with E-state index in [0.717, 1.165) is 23.5 Å². The van der Waals surface area contributed by atoms with Gasteiger partial charge >= 0.3 is 0 Å². The highest BCUT2D eigenvalue weighted by Crippen LogP contribution is 2.30. The van der Waals surface area contributed by atoms with E-state index < -0.39 is 0 Å². The van der Waals surface area contributed by atoms with Crippen LogP contribution in [0, 0.1) is 6.92 Å². The number of halogens is 1. The molecule has 2 aromatic rings. The van der Waals surface area contributed by atoms with Crippen molar-refractivity contribution in [1.82, 2.24) is 14.5 Å². The molecule has 1 fully saturated rings. The number of aromatic nitrogens is 3. The Morgan fingerprint density at radius 3 is 3.05 bits per heavy atom. The highest BCUT2D eigenvalue weighted by molar-refractivity contribution is 7.99. The van der Waals surface area contributed by atoms with E-state index in [2.05, 4.69) is 28.2 Å². The summed E-state index contributed by atoms with van der Waals surface area (Å²) in [5.74, 6) is 2.23. The molecule has 0 aromatic carbocycles. The second kappa shape index (κ2) is 5.94. The maximum atomic E-state index is 6.33. The third-order valence-corrected chi connectivity index (χ3v) is 5.46. The van der Waals surface area contributed by atoms with Gasteiger partial charge in [0.2, 0.25) is 0 Å². The molecule has 20 heavy (non-hydrogen) atoms. The van der Waals surface area contributed by atoms with Gasteiger partial charge in [0.05, 0.1) is 5.38 Å². The van der Waals surface area contributed by atoms with E-state index >= 15 is 0 Å². The lowest BCUT2D eigenvalue weighted by molar-refractivity contribution is 0.573. The second-order valence-corrected chi connectivity index (χ2v) is 7.55. The summed E-state index contributed by atoms with van der Waals surface area (Å²) in [6.45, 7) is 5.05. The summed E-state index contributed by atoms with van der Waals surface area (Å²) in [6.07, 6.45) is 5.84. The number of pyridine rings is 1. The highest BCUT2D eigenvalue weighted by Gasteiger charge is 2.21. The number of imidazole rings is 1. The summed E-state index contributed by atoms with van der Waals surface area (Å²) in [7, 11) is 0. The highest BCUT2D eigenvalue weighted by atomic mass is 35.5. The van der Waals surface area contributed by atoms with Crippen molar-refractivity contribution >= 4 is 34.5 Å². The van der Waals surface area contributed by atoms with E-state index in [4.69, 9.17) is 16.6 Å². The van der Waals surface area contributed by atoms with Gasteiger partial charge in [0, 0.05) is 18.0 Å². The summed E-state index contributed by atoms with van der Waals surface area (Å²) < 4.78 is 2.24. The Morgan fingerprint density at radius 2 is 2.35 bits per heavy atom. The second-order valence-electron chi connectivity index (χ2n) is 5.49. The number of rotatable bonds is 3. The maximum Gasteiger partial charge on any atom is 0.160 e. The molecule has 0 radical (unpaired) electrons. The van der Waals surface area contributed by atoms with Gasteiger partial charge < -0.3 is 4.57 Å². The van der Waals surface area contributed by atoms with Crippen LogP contribution in [0.3, 0.4) is 0 Å². The van der Waals surface area contributed by atoms with E-state index in [1.54, 1.807) is 0 Å². The van der Waals surface area contributed by atoms with Crippen molar-refractivity contribution in [2.75, 3.05) is 5.75 Å². The molecular formula is C15H20ClN3S. The molecule has 1 aliphatic heterocycles. The summed E-state index contributed by atoms with van der Waals surface area (Å²) in [5, 5.41) is 0.579. The van der Waals surface area contributed by atoms with Gasteiger partial charge in [-0.3, -0.25) is 0 Å². The van der Waals surface area contributed by atoms with Crippen LogP contribution < -0.4 is 0 Å². The Morgan fingerprint density at radius 1 is 1.50 bits per heavy atom. The SMILES string of the molecule is Cc1ccnc2c1nc(C(C)Cl)n2CC1CCCCS1. The van der Waals surface area contributed by atoms with Crippen LogP contribution in [0.15, 0.2) is 12.3 Å². The molecule has 2 atom stereocenters. The number of nitrogens with zero attached hydrogens (tertiary/aromatic N) is 3. The molecule has 1 aliphatic rings. The van der Waals surface area contributed by atoms with Gasteiger partial charge in [-0.2, -0.15) is 11.8 Å². The smallest absolute Gasteiger partial charge is 0.160 e. The zero-order valence-corrected chi connectivity index (χ0v) is 13.5. The molecule has 0 saturated carbocycles. The average molecular weight is 310 g/mol. The van der Waals surface area contributed by atoms with Crippen molar-refractivity contribution in [3.8, 4) is 0 Å². The number of alkyl halides is 1. The van der Waals surface area contributed by atoms with Gasteiger partial charge in [-0.15, -0.1) is 11.6 Å². The van der Waals surface area contributed by atoms with Crippen LogP contribution in [-0.2, 0) is 6.54 Å². The minimum Gasteiger partial charge on any atom is -0.310 e. The zero-order chi connectivity index (χ0) is 14.1. The Kier molecular flexibility index (Phi) is 4.22. The lowest BCUT2D eigenvalue weighted by Gasteiger charge is -2.23. The molecule has 0 amide bonds. The van der Waals surface area contributed by atoms with Gasteiger partial charge in [-0.05, 0) is 44.1 Å². The fourth-order valence-corrected chi connectivity index (χ4v) is 4.25. The molecule has 0 bridgehead atoms. The van der Waals surface area contributed by atoms with Crippen molar-refractivity contribution in [2.45, 2.75) is 50.3 Å². The van der Waals surface area contributed by atoms with E-state index in [0.29, 0.717) is 5.25 Å². The van der Waals surface area contributed by atoms with E-state index in [-0.39, 0.29) is 5.38 Å². The number of hydrogen-bond acceptors (Lipinski definition) is 3. The molecule has 3 nitrogen and oxygen atoms in total. The zero-order valence-electron chi connectivity index (χ0n) is 12.0. The molecule has 3 rings (SSSR count). The van der Waals surface area contributed by atoms with E-state index in [9.17, 15) is 0 Å². The number of thioether (sulfide) groups is 1. The fourth-order valence-electron chi connectivity index (χ4n) is 2.79. The topological polar surface area (TPSA) is 30.7 Å². The molecule has 1 saturated heterocycles. The van der Waals surface area contributed by atoms with Crippen molar-refractivity contribution < 1.29 is 0 Å². The van der Waals surface area contributed by atoms with Gasteiger partial charge in [-0.1, -0.05) is 6.42 Å². The van der Waals surface area contributed by atoms with Gasteiger partial charge in [-0.25, -0.2) is 9.97 Å². The lowest BCUT2D eigenvalue weighted by atomic mass is 10.2. The average Bonchev–Trinajstić information content (AvgIpc) is 2.81. The van der Waals surface area contributed by atoms with Crippen molar-refractivity contribution in [2.24, 2.45) is 0 Å². The summed E-state index contributed by atoms with van der Waals surface area (Å²) in [5.41, 5.74) is 3.15. The standard InChI is InChI=1S/C15H20ClN3S/c1-10-6-7-17-15-13(10)18-14(11(2)16)19(15)9-12-5-3-4-8-20-12/h6-7,11-12H,3-5,8-9H2,1-2H3. The van der Waals surface area contributed by atoms with Crippen molar-refractivity contribution in [3.05, 3.63) is 23.7 Å². The normalized spacial score (nSPS) is 21.2. The first-order chi connectivity index (χ1) is 9.66. The Hall–Kier alpha value is -0.740. The van der Waals surface area contributed by atoms with E-state index in [1.807, 2.05) is 19.2 Å². The number of aryl methyl sites for hydroxylation is 1. The summed E-state index contributed by atoms with van der Waals surface area (Å²) in [4.78, 5) is 9.28. The van der Waals surface area contributed by atoms with Crippen molar-refractivity contribution in [1.29, 1.82) is 0 Å². The molecule has 0 N–H and O–H groups in total. The van der Waals surface area contributed by atoms with Crippen LogP contribution >= 0.6 is 23.4 Å². The number of hydrogen-bond donors (Lipinski definition) is 0. The maximum absolute atomic E-state index is 6.33. The lowest BCUT2D eigenvalue weighted by Crippen LogP contribution is -2.19. The van der Waals surface area contributed by atoms with Crippen LogP contribution in [0.4, 0.5) is 0 Å². The third kappa shape index (κ3) is 2.68. The number of fused-ring (bicyclic) bond motifs is 1. The molecule has 2 unspecified atom stereocenters. The van der Waals surface area contributed by atoms with Crippen LogP contribution in [-0.4, -0.2) is 25.5 Å². The monoisotopic (exact) mass is 309 g/mol. The predicted molar refractivity (Wildman–Crippen MR) is 86.6 cm³/mol. The molecule has 3 heterocycles. The van der Waals surface area contributed by atoms with E-state index in [1.165, 1.54) is 30.6 Å². The van der Waals surface area contributed by atoms with Gasteiger partial charge in [0.1, 0.15) is 11.3 Å². The van der Waals surface area contributed by atoms with Gasteiger partial charge in [0.15, 0.2) is 5.65 Å². The molecule has 108 valence electrons. The third-order valence-electron chi connectivity index (χ3n) is 3.88. The summed E-state index contributed by atoms with van der Waals surface area (Å²) >= 11 is 8.41. The van der Waals surface area contributed by atoms with Crippen molar-refractivity contribution in [3.63, 3.8) is 0 Å². The molecule has 5 heteroatoms. The van der Waals surface area contributed by atoms with Gasteiger partial charge in [0.25, 0.3) is 0 Å². The first-order valence-corrected chi connectivity index (χ1v) is 8.72. The first kappa shape index (κ1) is 14.2. The van der Waals surface area contributed by atoms with Crippen LogP contribution in [0.2, 0.25) is 0 Å². The molecule has 0 aliphatic carbocycles. The Bertz CT molecular complexity index is 602. The minimum absolute atomic E-state index is 0.0859. The largest absolute Gasteiger partial charge is 0.310 e. The quantitative estimate of drug-likeness (QED) is 0.791. The van der Waals surface area contributed by atoms with Crippen LogP contribution in [0.1, 0.15) is 43.0 Å². The molecule has 0 spiro atoms. The molecular weight excluding hydrogens is 290 g/mol.